The number of nitrogens with one attached hydrogen (secondary N) is 1. The highest BCUT2D eigenvalue weighted by molar-refractivity contribution is 5.86. The van der Waals surface area contributed by atoms with Crippen LogP contribution in [-0.4, -0.2) is 23.0 Å². The van der Waals surface area contributed by atoms with Gasteiger partial charge in [0.1, 0.15) is 0 Å². The van der Waals surface area contributed by atoms with Crippen LogP contribution in [0.15, 0.2) is 24.4 Å². The van der Waals surface area contributed by atoms with Crippen molar-refractivity contribution in [1.29, 1.82) is 0 Å². The van der Waals surface area contributed by atoms with Crippen LogP contribution in [0.4, 0.5) is 0 Å². The average Bonchev–Trinajstić information content (AvgIpc) is 2.60. The van der Waals surface area contributed by atoms with Crippen LogP contribution in [0.25, 0.3) is 10.9 Å². The van der Waals surface area contributed by atoms with Gasteiger partial charge in [-0.05, 0) is 50.0 Å². The fourth-order valence-electron chi connectivity index (χ4n) is 3.11. The lowest BCUT2D eigenvalue weighted by Gasteiger charge is -2.19. The number of likely N-dealkylation sites (tertiary alicyclic amines) is 1. The molecule has 3 rings (SSSR count). The number of fused-ring (bicyclic) bond motifs is 1. The molecule has 1 aromatic heterocycles. The molecule has 0 unspecified atom stereocenters. The van der Waals surface area contributed by atoms with E-state index in [1.807, 2.05) is 0 Å². The normalized spacial score (nSPS) is 18.1. The highest BCUT2D eigenvalue weighted by Crippen LogP contribution is 2.24. The molecule has 0 amide bonds. The van der Waals surface area contributed by atoms with Crippen molar-refractivity contribution in [3.8, 4) is 0 Å². The highest BCUT2D eigenvalue weighted by atomic mass is 15.1. The first kappa shape index (κ1) is 11.8. The highest BCUT2D eigenvalue weighted by Gasteiger charge is 2.12. The van der Waals surface area contributed by atoms with E-state index in [1.165, 1.54) is 60.8 Å². The summed E-state index contributed by atoms with van der Waals surface area (Å²) < 4.78 is 0. The second-order valence-electron chi connectivity index (χ2n) is 5.50. The molecule has 0 aliphatic carbocycles. The largest absolute Gasteiger partial charge is 0.361 e. The van der Waals surface area contributed by atoms with Gasteiger partial charge >= 0.3 is 0 Å². The van der Waals surface area contributed by atoms with Gasteiger partial charge in [-0.3, -0.25) is 4.90 Å². The minimum atomic E-state index is 1.10. The Labute approximate surface area is 109 Å². The van der Waals surface area contributed by atoms with E-state index in [0.717, 1.165) is 6.54 Å². The molecule has 1 aliphatic rings. The van der Waals surface area contributed by atoms with Crippen LogP contribution in [0.2, 0.25) is 0 Å². The van der Waals surface area contributed by atoms with Crippen LogP contribution < -0.4 is 0 Å². The summed E-state index contributed by atoms with van der Waals surface area (Å²) in [6, 6.07) is 6.51. The molecule has 0 spiro atoms. The van der Waals surface area contributed by atoms with E-state index < -0.39 is 0 Å². The van der Waals surface area contributed by atoms with Crippen molar-refractivity contribution in [3.05, 3.63) is 35.5 Å². The van der Waals surface area contributed by atoms with Crippen molar-refractivity contribution in [2.45, 2.75) is 39.2 Å². The molecule has 18 heavy (non-hydrogen) atoms. The molecule has 2 heterocycles. The minimum Gasteiger partial charge on any atom is -0.361 e. The molecular formula is C16H22N2. The number of benzene rings is 1. The predicted octanol–water partition coefficient (Wildman–Crippen LogP) is 3.85. The first-order valence-electron chi connectivity index (χ1n) is 7.12. The second-order valence-corrected chi connectivity index (χ2v) is 5.50. The number of hydrogen-bond donors (Lipinski definition) is 1. The van der Waals surface area contributed by atoms with Crippen molar-refractivity contribution in [3.63, 3.8) is 0 Å². The maximum atomic E-state index is 3.41. The van der Waals surface area contributed by atoms with Gasteiger partial charge in [-0.2, -0.15) is 0 Å². The Bertz CT molecular complexity index is 519. The van der Waals surface area contributed by atoms with Gasteiger partial charge in [0.25, 0.3) is 0 Å². The minimum absolute atomic E-state index is 1.10. The molecule has 0 atom stereocenters. The van der Waals surface area contributed by atoms with Gasteiger partial charge in [0.05, 0.1) is 0 Å². The van der Waals surface area contributed by atoms with Gasteiger partial charge in [-0.1, -0.05) is 25.0 Å². The number of aryl methyl sites for hydroxylation is 1. The summed E-state index contributed by atoms with van der Waals surface area (Å²) >= 11 is 0. The van der Waals surface area contributed by atoms with Crippen LogP contribution in [0, 0.1) is 6.92 Å². The Morgan fingerprint density at radius 2 is 1.89 bits per heavy atom. The van der Waals surface area contributed by atoms with Crippen molar-refractivity contribution < 1.29 is 0 Å². The van der Waals surface area contributed by atoms with E-state index in [-0.39, 0.29) is 0 Å². The van der Waals surface area contributed by atoms with Crippen molar-refractivity contribution >= 4 is 10.9 Å². The zero-order valence-electron chi connectivity index (χ0n) is 11.2. The SMILES string of the molecule is Cc1cccc2[nH]cc(CN3CCCCCC3)c12. The number of nitrogens with zero attached hydrogens (tertiary/aromatic N) is 1. The third kappa shape index (κ3) is 2.30. The van der Waals surface area contributed by atoms with E-state index in [2.05, 4.69) is 41.2 Å². The number of H-pyrrole nitrogens is 1. The number of hydrogen-bond acceptors (Lipinski definition) is 1. The molecule has 1 fully saturated rings. The van der Waals surface area contributed by atoms with E-state index in [4.69, 9.17) is 0 Å². The van der Waals surface area contributed by atoms with Crippen LogP contribution >= 0.6 is 0 Å². The number of aromatic nitrogens is 1. The third-order valence-electron chi connectivity index (χ3n) is 4.09. The van der Waals surface area contributed by atoms with E-state index in [9.17, 15) is 0 Å². The number of rotatable bonds is 2. The van der Waals surface area contributed by atoms with Crippen molar-refractivity contribution in [2.75, 3.05) is 13.1 Å². The molecule has 2 heteroatoms. The van der Waals surface area contributed by atoms with Crippen LogP contribution in [0.3, 0.4) is 0 Å². The van der Waals surface area contributed by atoms with Gasteiger partial charge in [0.15, 0.2) is 0 Å². The fourth-order valence-corrected chi connectivity index (χ4v) is 3.11. The molecule has 96 valence electrons. The Morgan fingerprint density at radius 1 is 1.11 bits per heavy atom. The van der Waals surface area contributed by atoms with Gasteiger partial charge in [0, 0.05) is 23.6 Å². The summed E-state index contributed by atoms with van der Waals surface area (Å²) in [5.41, 5.74) is 4.13. The quantitative estimate of drug-likeness (QED) is 0.847. The standard InChI is InChI=1S/C16H22N2/c1-13-7-6-8-15-16(13)14(11-17-15)12-18-9-4-2-3-5-10-18/h6-8,11,17H,2-5,9-10,12H2,1H3. The van der Waals surface area contributed by atoms with Gasteiger partial charge in [-0.25, -0.2) is 0 Å². The Balaban J connectivity index is 1.85. The summed E-state index contributed by atoms with van der Waals surface area (Å²) in [6.45, 7) is 5.84. The lowest BCUT2D eigenvalue weighted by Crippen LogP contribution is -2.23. The summed E-state index contributed by atoms with van der Waals surface area (Å²) in [5, 5.41) is 1.43. The zero-order valence-corrected chi connectivity index (χ0v) is 11.2. The molecule has 1 N–H and O–H groups in total. The lowest BCUT2D eigenvalue weighted by molar-refractivity contribution is 0.278. The Kier molecular flexibility index (Phi) is 3.37. The van der Waals surface area contributed by atoms with Crippen molar-refractivity contribution in [1.82, 2.24) is 9.88 Å². The summed E-state index contributed by atoms with van der Waals surface area (Å²) in [7, 11) is 0. The molecule has 0 bridgehead atoms. The molecule has 1 aliphatic heterocycles. The first-order chi connectivity index (χ1) is 8.84. The Hall–Kier alpha value is -1.28. The maximum absolute atomic E-state index is 3.41. The second kappa shape index (κ2) is 5.15. The Morgan fingerprint density at radius 3 is 2.67 bits per heavy atom. The maximum Gasteiger partial charge on any atom is 0.0459 e. The van der Waals surface area contributed by atoms with Crippen LogP contribution in [0.1, 0.15) is 36.8 Å². The molecule has 2 nitrogen and oxygen atoms in total. The predicted molar refractivity (Wildman–Crippen MR) is 76.8 cm³/mol. The molecule has 2 aromatic rings. The summed E-state index contributed by atoms with van der Waals surface area (Å²) in [4.78, 5) is 6.02. The van der Waals surface area contributed by atoms with Gasteiger partial charge in [0.2, 0.25) is 0 Å². The molecule has 1 aromatic carbocycles. The summed E-state index contributed by atoms with van der Waals surface area (Å²) in [6.07, 6.45) is 7.73. The average molecular weight is 242 g/mol. The third-order valence-corrected chi connectivity index (χ3v) is 4.09. The fraction of sp³-hybridized carbons (Fsp3) is 0.500. The van der Waals surface area contributed by atoms with E-state index in [0.29, 0.717) is 0 Å². The zero-order chi connectivity index (χ0) is 12.4. The molecule has 0 radical (unpaired) electrons. The van der Waals surface area contributed by atoms with Gasteiger partial charge in [-0.15, -0.1) is 0 Å². The van der Waals surface area contributed by atoms with Crippen molar-refractivity contribution in [2.24, 2.45) is 0 Å². The monoisotopic (exact) mass is 242 g/mol. The topological polar surface area (TPSA) is 19.0 Å². The van der Waals surface area contributed by atoms with Crippen LogP contribution in [-0.2, 0) is 6.54 Å². The lowest BCUT2D eigenvalue weighted by atomic mass is 10.1. The first-order valence-corrected chi connectivity index (χ1v) is 7.12. The van der Waals surface area contributed by atoms with Crippen LogP contribution in [0.5, 0.6) is 0 Å². The van der Waals surface area contributed by atoms with Gasteiger partial charge < -0.3 is 4.98 Å². The van der Waals surface area contributed by atoms with E-state index >= 15 is 0 Å². The van der Waals surface area contributed by atoms with E-state index in [1.54, 1.807) is 0 Å². The molecule has 0 saturated carbocycles. The smallest absolute Gasteiger partial charge is 0.0459 e. The number of aromatic amines is 1. The summed E-state index contributed by atoms with van der Waals surface area (Å²) in [5.74, 6) is 0. The molecule has 1 saturated heterocycles. The molecular weight excluding hydrogens is 220 g/mol.